The van der Waals surface area contributed by atoms with Gasteiger partial charge in [0.15, 0.2) is 0 Å². The number of aliphatic hydroxyl groups excluding tert-OH is 1. The van der Waals surface area contributed by atoms with Gasteiger partial charge in [0.2, 0.25) is 0 Å². The van der Waals surface area contributed by atoms with E-state index in [0.29, 0.717) is 10.2 Å². The summed E-state index contributed by atoms with van der Waals surface area (Å²) in [6.45, 7) is -0.0272. The lowest BCUT2D eigenvalue weighted by Gasteiger charge is -2.13. The fourth-order valence-corrected chi connectivity index (χ4v) is 2.83. The van der Waals surface area contributed by atoms with Crippen molar-refractivity contribution in [3.63, 3.8) is 0 Å². The van der Waals surface area contributed by atoms with Crippen LogP contribution in [0.3, 0.4) is 0 Å². The van der Waals surface area contributed by atoms with Crippen LogP contribution in [0.1, 0.15) is 11.7 Å². The Bertz CT molecular complexity index is 812. The topological polar surface area (TPSA) is 55.1 Å². The van der Waals surface area contributed by atoms with Crippen LogP contribution >= 0.6 is 11.3 Å². The smallest absolute Gasteiger partial charge is 0.271 e. The Labute approximate surface area is 117 Å². The molecule has 4 nitrogen and oxygen atoms in total. The SMILES string of the molecule is O=c1c2sccc2ncn1C[C@H](O)c1ccccc1F. The molecule has 0 spiro atoms. The fourth-order valence-electron chi connectivity index (χ4n) is 2.04. The van der Waals surface area contributed by atoms with Gasteiger partial charge in [-0.25, -0.2) is 9.37 Å². The van der Waals surface area contributed by atoms with Crippen LogP contribution < -0.4 is 5.56 Å². The van der Waals surface area contributed by atoms with Gasteiger partial charge in [0.1, 0.15) is 10.5 Å². The quantitative estimate of drug-likeness (QED) is 0.805. The van der Waals surface area contributed by atoms with Crippen molar-refractivity contribution in [2.24, 2.45) is 0 Å². The molecule has 0 bridgehead atoms. The molecule has 3 rings (SSSR count). The molecule has 0 aliphatic rings. The summed E-state index contributed by atoms with van der Waals surface area (Å²) < 4.78 is 15.4. The van der Waals surface area contributed by atoms with E-state index in [0.717, 1.165) is 0 Å². The van der Waals surface area contributed by atoms with Crippen LogP contribution in [-0.4, -0.2) is 14.7 Å². The van der Waals surface area contributed by atoms with Gasteiger partial charge in [-0.15, -0.1) is 11.3 Å². The van der Waals surface area contributed by atoms with Gasteiger partial charge in [-0.05, 0) is 17.5 Å². The number of hydrogen-bond donors (Lipinski definition) is 1. The van der Waals surface area contributed by atoms with Gasteiger partial charge in [0, 0.05) is 5.56 Å². The third kappa shape index (κ3) is 2.23. The number of halogens is 1. The zero-order valence-electron chi connectivity index (χ0n) is 10.4. The van der Waals surface area contributed by atoms with Gasteiger partial charge in [-0.3, -0.25) is 9.36 Å². The van der Waals surface area contributed by atoms with Crippen molar-refractivity contribution in [3.8, 4) is 0 Å². The molecular formula is C14H11FN2O2S. The first kappa shape index (κ1) is 13.0. The zero-order chi connectivity index (χ0) is 14.1. The molecule has 0 fully saturated rings. The van der Waals surface area contributed by atoms with E-state index in [1.807, 2.05) is 0 Å². The number of rotatable bonds is 3. The molecule has 2 aromatic heterocycles. The summed E-state index contributed by atoms with van der Waals surface area (Å²) in [6, 6.07) is 7.74. The van der Waals surface area contributed by atoms with Crippen LogP contribution in [0.25, 0.3) is 10.2 Å². The number of fused-ring (bicyclic) bond motifs is 1. The Kier molecular flexibility index (Phi) is 3.33. The maximum absolute atomic E-state index is 13.6. The van der Waals surface area contributed by atoms with Gasteiger partial charge in [0.25, 0.3) is 5.56 Å². The van der Waals surface area contributed by atoms with Crippen molar-refractivity contribution < 1.29 is 9.50 Å². The number of nitrogens with zero attached hydrogens (tertiary/aromatic N) is 2. The summed E-state index contributed by atoms with van der Waals surface area (Å²) in [6.07, 6.45) is 0.287. The first-order chi connectivity index (χ1) is 9.66. The van der Waals surface area contributed by atoms with Crippen LogP contribution in [-0.2, 0) is 6.54 Å². The van der Waals surface area contributed by atoms with E-state index in [4.69, 9.17) is 0 Å². The molecule has 1 N–H and O–H groups in total. The molecule has 0 aliphatic heterocycles. The molecule has 102 valence electrons. The van der Waals surface area contributed by atoms with Crippen molar-refractivity contribution in [2.75, 3.05) is 0 Å². The van der Waals surface area contributed by atoms with E-state index in [9.17, 15) is 14.3 Å². The standard InChI is InChI=1S/C14H11FN2O2S/c15-10-4-2-1-3-9(10)12(18)7-17-8-16-11-5-6-20-13(11)14(17)19/h1-6,8,12,18H,7H2/t12-/m0/s1. The van der Waals surface area contributed by atoms with Crippen molar-refractivity contribution in [1.29, 1.82) is 0 Å². The summed E-state index contributed by atoms with van der Waals surface area (Å²) in [4.78, 5) is 16.3. The third-order valence-electron chi connectivity index (χ3n) is 3.07. The van der Waals surface area contributed by atoms with E-state index < -0.39 is 11.9 Å². The number of thiophene rings is 1. The van der Waals surface area contributed by atoms with Crippen molar-refractivity contribution in [1.82, 2.24) is 9.55 Å². The number of aromatic nitrogens is 2. The molecule has 2 heterocycles. The normalized spacial score (nSPS) is 12.7. The second-order valence-electron chi connectivity index (χ2n) is 4.37. The highest BCUT2D eigenvalue weighted by molar-refractivity contribution is 7.17. The highest BCUT2D eigenvalue weighted by Gasteiger charge is 2.14. The molecular weight excluding hydrogens is 279 g/mol. The van der Waals surface area contributed by atoms with Gasteiger partial charge in [0.05, 0.1) is 24.5 Å². The molecule has 0 radical (unpaired) electrons. The lowest BCUT2D eigenvalue weighted by molar-refractivity contribution is 0.150. The average Bonchev–Trinajstić information content (AvgIpc) is 2.91. The molecule has 20 heavy (non-hydrogen) atoms. The Hall–Kier alpha value is -2.05. The molecule has 3 aromatic rings. The van der Waals surface area contributed by atoms with Crippen LogP contribution in [0.2, 0.25) is 0 Å². The first-order valence-electron chi connectivity index (χ1n) is 6.02. The molecule has 0 aliphatic carbocycles. The summed E-state index contributed by atoms with van der Waals surface area (Å²) in [5.74, 6) is -0.488. The van der Waals surface area contributed by atoms with Crippen molar-refractivity contribution >= 4 is 21.6 Å². The monoisotopic (exact) mass is 290 g/mol. The van der Waals surface area contributed by atoms with Gasteiger partial charge in [-0.2, -0.15) is 0 Å². The molecule has 0 saturated heterocycles. The number of aliphatic hydroxyl groups is 1. The first-order valence-corrected chi connectivity index (χ1v) is 6.90. The predicted octanol–water partition coefficient (Wildman–Crippen LogP) is 2.33. The maximum Gasteiger partial charge on any atom is 0.271 e. The third-order valence-corrected chi connectivity index (χ3v) is 3.96. The Balaban J connectivity index is 1.95. The maximum atomic E-state index is 13.6. The fraction of sp³-hybridized carbons (Fsp3) is 0.143. The Morgan fingerprint density at radius 1 is 1.35 bits per heavy atom. The van der Waals surface area contributed by atoms with E-state index in [1.54, 1.807) is 23.6 Å². The van der Waals surface area contributed by atoms with E-state index >= 15 is 0 Å². The van der Waals surface area contributed by atoms with Crippen LogP contribution in [0, 0.1) is 5.82 Å². The summed E-state index contributed by atoms with van der Waals surface area (Å²) in [5, 5.41) is 11.9. The molecule has 0 amide bonds. The summed E-state index contributed by atoms with van der Waals surface area (Å²) in [5.41, 5.74) is 0.586. The van der Waals surface area contributed by atoms with Crippen LogP contribution in [0.5, 0.6) is 0 Å². The lowest BCUT2D eigenvalue weighted by Crippen LogP contribution is -2.23. The molecule has 1 atom stereocenters. The molecule has 0 saturated carbocycles. The molecule has 1 aromatic carbocycles. The van der Waals surface area contributed by atoms with E-state index in [2.05, 4.69) is 4.98 Å². The van der Waals surface area contributed by atoms with Crippen molar-refractivity contribution in [3.05, 3.63) is 63.8 Å². The minimum Gasteiger partial charge on any atom is -0.386 e. The van der Waals surface area contributed by atoms with Crippen LogP contribution in [0.4, 0.5) is 4.39 Å². The van der Waals surface area contributed by atoms with Crippen LogP contribution in [0.15, 0.2) is 46.8 Å². The number of hydrogen-bond acceptors (Lipinski definition) is 4. The predicted molar refractivity (Wildman–Crippen MR) is 75.2 cm³/mol. The largest absolute Gasteiger partial charge is 0.386 e. The zero-order valence-corrected chi connectivity index (χ0v) is 11.2. The molecule has 6 heteroatoms. The lowest BCUT2D eigenvalue weighted by atomic mass is 10.1. The Morgan fingerprint density at radius 2 is 2.15 bits per heavy atom. The minimum atomic E-state index is -1.09. The van der Waals surface area contributed by atoms with Gasteiger partial charge < -0.3 is 5.11 Å². The number of benzene rings is 1. The van der Waals surface area contributed by atoms with Gasteiger partial charge >= 0.3 is 0 Å². The highest BCUT2D eigenvalue weighted by atomic mass is 32.1. The van der Waals surface area contributed by atoms with Gasteiger partial charge in [-0.1, -0.05) is 18.2 Å². The Morgan fingerprint density at radius 3 is 2.95 bits per heavy atom. The summed E-state index contributed by atoms with van der Waals surface area (Å²) in [7, 11) is 0. The highest BCUT2D eigenvalue weighted by Crippen LogP contribution is 2.19. The molecule has 0 unspecified atom stereocenters. The second kappa shape index (κ2) is 5.15. The minimum absolute atomic E-state index is 0.0272. The average molecular weight is 290 g/mol. The van der Waals surface area contributed by atoms with E-state index in [1.165, 1.54) is 34.4 Å². The van der Waals surface area contributed by atoms with E-state index in [-0.39, 0.29) is 17.7 Å². The second-order valence-corrected chi connectivity index (χ2v) is 5.29. The van der Waals surface area contributed by atoms with Crippen molar-refractivity contribution in [2.45, 2.75) is 12.6 Å². The summed E-state index contributed by atoms with van der Waals surface area (Å²) >= 11 is 1.30.